The first-order valence-corrected chi connectivity index (χ1v) is 18.6. The minimum absolute atomic E-state index is 0.973. The van der Waals surface area contributed by atoms with E-state index in [0.717, 1.165) is 57.3 Å². The van der Waals surface area contributed by atoms with Crippen LogP contribution in [0.2, 0.25) is 0 Å². The third kappa shape index (κ3) is 10.2. The van der Waals surface area contributed by atoms with Crippen molar-refractivity contribution in [2.24, 2.45) is 0 Å². The summed E-state index contributed by atoms with van der Waals surface area (Å²) in [6.45, 7) is 16.2. The molecule has 4 rings (SSSR count). The smallest absolute Gasteiger partial charge is 0.205 e. The van der Waals surface area contributed by atoms with Crippen molar-refractivity contribution in [2.45, 2.75) is 34.2 Å². The summed E-state index contributed by atoms with van der Waals surface area (Å²) in [7, 11) is 3.98. The summed E-state index contributed by atoms with van der Waals surface area (Å²) in [4.78, 5) is 6.47. The standard InChI is InChI=1S/C38H49N4S2/c1-5-39-27-11-9-13-35(39)21-15-33-17-23-37(24-18-33)41(7-3)29-31-43-44-32-30-42(8-4)38-25-19-34(20-26-38)16-22-36-14-10-12-28-40(36)6-2/h9-27H,5-8,28-32H2,1-4H3/q+1/p+1/b22-16+. The number of nitrogens with zero attached hydrogens (tertiary/aromatic N) is 3. The van der Waals surface area contributed by atoms with Crippen molar-refractivity contribution in [1.82, 2.24) is 0 Å². The Balaban J connectivity index is 1.18. The summed E-state index contributed by atoms with van der Waals surface area (Å²) < 4.78 is 2.25. The summed E-state index contributed by atoms with van der Waals surface area (Å²) in [5.41, 5.74) is 7.67. The number of nitrogens with one attached hydrogen (secondary N) is 1. The van der Waals surface area contributed by atoms with Gasteiger partial charge in [-0.05, 0) is 99.5 Å². The lowest BCUT2D eigenvalue weighted by atomic mass is 10.1. The van der Waals surface area contributed by atoms with Crippen LogP contribution in [0.4, 0.5) is 11.4 Å². The second-order valence-electron chi connectivity index (χ2n) is 10.8. The molecule has 1 atom stereocenters. The normalized spacial score (nSPS) is 14.8. The first-order valence-electron chi connectivity index (χ1n) is 16.2. The summed E-state index contributed by atoms with van der Waals surface area (Å²) >= 11 is 0. The Labute approximate surface area is 274 Å². The highest BCUT2D eigenvalue weighted by atomic mass is 33.1. The van der Waals surface area contributed by atoms with Gasteiger partial charge >= 0.3 is 0 Å². The number of hydrogen-bond acceptors (Lipinski definition) is 4. The van der Waals surface area contributed by atoms with Gasteiger partial charge < -0.3 is 9.80 Å². The Bertz CT molecular complexity index is 1390. The van der Waals surface area contributed by atoms with Crippen molar-refractivity contribution in [3.63, 3.8) is 0 Å². The molecule has 1 N–H and O–H groups in total. The van der Waals surface area contributed by atoms with Gasteiger partial charge in [0.2, 0.25) is 5.69 Å². The van der Waals surface area contributed by atoms with Gasteiger partial charge in [0.1, 0.15) is 18.8 Å². The molecule has 1 unspecified atom stereocenters. The highest BCUT2D eigenvalue weighted by Gasteiger charge is 2.11. The lowest BCUT2D eigenvalue weighted by Gasteiger charge is -2.24. The number of aryl methyl sites for hydroxylation is 1. The largest absolute Gasteiger partial charge is 0.371 e. The molecule has 0 aliphatic carbocycles. The number of pyridine rings is 1. The van der Waals surface area contributed by atoms with Crippen LogP contribution < -0.4 is 19.3 Å². The first-order chi connectivity index (χ1) is 21.6. The zero-order valence-electron chi connectivity index (χ0n) is 27.0. The maximum atomic E-state index is 2.48. The number of aromatic nitrogens is 1. The van der Waals surface area contributed by atoms with Crippen LogP contribution >= 0.6 is 21.6 Å². The Kier molecular flexibility index (Phi) is 14.2. The minimum Gasteiger partial charge on any atom is -0.371 e. The number of anilines is 2. The third-order valence-corrected chi connectivity index (χ3v) is 10.4. The summed E-state index contributed by atoms with van der Waals surface area (Å²) in [6, 6.07) is 24.3. The molecule has 0 saturated heterocycles. The second-order valence-corrected chi connectivity index (χ2v) is 13.5. The fourth-order valence-electron chi connectivity index (χ4n) is 5.38. The van der Waals surface area contributed by atoms with Crippen molar-refractivity contribution < 1.29 is 9.47 Å². The topological polar surface area (TPSA) is 14.8 Å². The van der Waals surface area contributed by atoms with Crippen LogP contribution in [0.15, 0.2) is 103 Å². The van der Waals surface area contributed by atoms with Crippen LogP contribution in [-0.2, 0) is 6.54 Å². The fraction of sp³-hybridized carbons (Fsp3) is 0.342. The molecule has 0 spiro atoms. The zero-order chi connectivity index (χ0) is 31.0. The number of benzene rings is 2. The van der Waals surface area contributed by atoms with E-state index < -0.39 is 0 Å². The van der Waals surface area contributed by atoms with E-state index >= 15 is 0 Å². The fourth-order valence-corrected chi connectivity index (χ4v) is 7.36. The molecule has 44 heavy (non-hydrogen) atoms. The van der Waals surface area contributed by atoms with Crippen molar-refractivity contribution in [2.75, 3.05) is 60.6 Å². The van der Waals surface area contributed by atoms with E-state index in [4.69, 9.17) is 0 Å². The van der Waals surface area contributed by atoms with Crippen LogP contribution in [-0.4, -0.2) is 50.8 Å². The Morgan fingerprint density at radius 3 is 1.86 bits per heavy atom. The van der Waals surface area contributed by atoms with Gasteiger partial charge in [0.15, 0.2) is 6.20 Å². The van der Waals surface area contributed by atoms with Crippen molar-refractivity contribution >= 4 is 51.2 Å². The van der Waals surface area contributed by atoms with E-state index in [1.165, 1.54) is 38.8 Å². The Morgan fingerprint density at radius 1 is 0.727 bits per heavy atom. The van der Waals surface area contributed by atoms with Gasteiger partial charge in [-0.3, -0.25) is 4.90 Å². The number of allylic oxidation sites excluding steroid dienone is 3. The number of hydrogen-bond donors (Lipinski definition) is 1. The number of quaternary nitrogens is 1. The lowest BCUT2D eigenvalue weighted by Crippen LogP contribution is -3.09. The molecular formula is C38H50N4S2+2. The Hall–Kier alpha value is -3.19. The molecule has 0 saturated carbocycles. The molecule has 2 aromatic carbocycles. The molecular weight excluding hydrogens is 577 g/mol. The average Bonchev–Trinajstić information content (AvgIpc) is 3.08. The minimum atomic E-state index is 0.973. The lowest BCUT2D eigenvalue weighted by molar-refractivity contribution is -0.849. The van der Waals surface area contributed by atoms with Crippen molar-refractivity contribution in [3.05, 3.63) is 120 Å². The molecule has 1 aliphatic heterocycles. The highest BCUT2D eigenvalue weighted by molar-refractivity contribution is 8.76. The van der Waals surface area contributed by atoms with Gasteiger partial charge in [0.25, 0.3) is 0 Å². The molecule has 4 nitrogen and oxygen atoms in total. The van der Waals surface area contributed by atoms with Gasteiger partial charge in [-0.1, -0.05) is 51.9 Å². The third-order valence-electron chi connectivity index (χ3n) is 8.08. The SMILES string of the molecule is CCN(CCSSCCN(CC)c1ccc(/C=C/c2cccc[n+]2CC)cc1)c1ccc(/C=C/C2=CC=CC[NH+]2CC)cc1. The van der Waals surface area contributed by atoms with Gasteiger partial charge in [-0.15, -0.1) is 0 Å². The summed E-state index contributed by atoms with van der Waals surface area (Å²) in [5.74, 6) is 2.23. The molecule has 0 radical (unpaired) electrons. The van der Waals surface area contributed by atoms with E-state index in [1.807, 2.05) is 21.6 Å². The number of rotatable bonds is 17. The van der Waals surface area contributed by atoms with Crippen LogP contribution in [0.1, 0.15) is 44.5 Å². The van der Waals surface area contributed by atoms with Crippen LogP contribution in [0.5, 0.6) is 0 Å². The van der Waals surface area contributed by atoms with Gasteiger partial charge in [-0.2, -0.15) is 4.57 Å². The maximum absolute atomic E-state index is 2.48. The summed E-state index contributed by atoms with van der Waals surface area (Å²) in [5, 5.41) is 0. The highest BCUT2D eigenvalue weighted by Crippen LogP contribution is 2.24. The molecule has 2 heterocycles. The van der Waals surface area contributed by atoms with Crippen LogP contribution in [0, 0.1) is 0 Å². The van der Waals surface area contributed by atoms with Crippen molar-refractivity contribution in [1.29, 1.82) is 0 Å². The Morgan fingerprint density at radius 2 is 1.32 bits per heavy atom. The molecule has 0 amide bonds. The van der Waals surface area contributed by atoms with Gasteiger partial charge in [-0.25, -0.2) is 0 Å². The van der Waals surface area contributed by atoms with E-state index in [1.54, 1.807) is 0 Å². The molecule has 3 aromatic rings. The predicted molar refractivity (Wildman–Crippen MR) is 197 cm³/mol. The number of likely N-dealkylation sites (N-methyl/N-ethyl adjacent to an activating group) is 1. The van der Waals surface area contributed by atoms with Crippen LogP contribution in [0.3, 0.4) is 0 Å². The zero-order valence-corrected chi connectivity index (χ0v) is 28.6. The van der Waals surface area contributed by atoms with E-state index in [-0.39, 0.29) is 0 Å². The molecule has 0 fully saturated rings. The van der Waals surface area contributed by atoms with E-state index in [0.29, 0.717) is 0 Å². The van der Waals surface area contributed by atoms with Crippen LogP contribution in [0.25, 0.3) is 18.2 Å². The monoisotopic (exact) mass is 626 g/mol. The second kappa shape index (κ2) is 18.6. The quantitative estimate of drug-likeness (QED) is 0.0963. The molecule has 232 valence electrons. The first kappa shape index (κ1) is 33.7. The van der Waals surface area contributed by atoms with E-state index in [2.05, 4.69) is 158 Å². The maximum Gasteiger partial charge on any atom is 0.205 e. The molecule has 1 aliphatic rings. The molecule has 6 heteroatoms. The average molecular weight is 627 g/mol. The molecule has 0 bridgehead atoms. The molecule has 1 aromatic heterocycles. The predicted octanol–water partition coefficient (Wildman–Crippen LogP) is 7.27. The van der Waals surface area contributed by atoms with E-state index in [9.17, 15) is 0 Å². The van der Waals surface area contributed by atoms with Gasteiger partial charge in [0, 0.05) is 67.3 Å². The summed E-state index contributed by atoms with van der Waals surface area (Å²) in [6.07, 6.45) is 17.7. The van der Waals surface area contributed by atoms with Gasteiger partial charge in [0.05, 0.1) is 6.54 Å². The van der Waals surface area contributed by atoms with Crippen molar-refractivity contribution in [3.8, 4) is 0 Å².